The Morgan fingerprint density at radius 1 is 1.28 bits per heavy atom. The Hall–Kier alpha value is -0.960. The highest BCUT2D eigenvalue weighted by atomic mass is 32.2. The van der Waals surface area contributed by atoms with Crippen molar-refractivity contribution in [1.82, 2.24) is 0 Å². The maximum atomic E-state index is 10.9. The van der Waals surface area contributed by atoms with Crippen LogP contribution < -0.4 is 0 Å². The van der Waals surface area contributed by atoms with Crippen molar-refractivity contribution in [2.75, 3.05) is 0 Å². The van der Waals surface area contributed by atoms with E-state index in [0.29, 0.717) is 10.8 Å². The van der Waals surface area contributed by atoms with Crippen LogP contribution in [0.2, 0.25) is 0 Å². The number of carboxylic acids is 1. The first-order valence-corrected chi connectivity index (χ1v) is 7.44. The molecule has 1 aromatic carbocycles. The molecule has 0 spiro atoms. The van der Waals surface area contributed by atoms with Crippen LogP contribution >= 0.6 is 11.8 Å². The fourth-order valence-corrected chi connectivity index (χ4v) is 3.89. The van der Waals surface area contributed by atoms with Gasteiger partial charge in [-0.05, 0) is 49.3 Å². The van der Waals surface area contributed by atoms with Crippen LogP contribution in [0.25, 0.3) is 0 Å². The second-order valence-corrected chi connectivity index (χ2v) is 6.71. The number of benzene rings is 1. The highest BCUT2D eigenvalue weighted by Gasteiger charge is 2.25. The van der Waals surface area contributed by atoms with Crippen LogP contribution in [0.1, 0.15) is 43.5 Å². The number of carbonyl (C=O) groups is 1. The van der Waals surface area contributed by atoms with Crippen molar-refractivity contribution >= 4 is 17.7 Å². The van der Waals surface area contributed by atoms with E-state index in [1.165, 1.54) is 19.3 Å². The molecule has 0 radical (unpaired) electrons. The van der Waals surface area contributed by atoms with E-state index in [-0.39, 0.29) is 0 Å². The summed E-state index contributed by atoms with van der Waals surface area (Å²) in [5, 5.41) is 9.62. The topological polar surface area (TPSA) is 37.3 Å². The molecule has 0 aliphatic heterocycles. The van der Waals surface area contributed by atoms with Crippen LogP contribution in [-0.4, -0.2) is 16.3 Å². The largest absolute Gasteiger partial charge is 0.478 e. The summed E-state index contributed by atoms with van der Waals surface area (Å²) < 4.78 is 0. The van der Waals surface area contributed by atoms with Crippen LogP contribution in [0.5, 0.6) is 0 Å². The van der Waals surface area contributed by atoms with E-state index in [1.54, 1.807) is 12.1 Å². The van der Waals surface area contributed by atoms with E-state index < -0.39 is 5.97 Å². The molecule has 18 heavy (non-hydrogen) atoms. The second kappa shape index (κ2) is 5.79. The van der Waals surface area contributed by atoms with Gasteiger partial charge in [0.05, 0.1) is 5.56 Å². The number of thioether (sulfide) groups is 1. The first kappa shape index (κ1) is 13.5. The van der Waals surface area contributed by atoms with Gasteiger partial charge in [0.1, 0.15) is 0 Å². The van der Waals surface area contributed by atoms with Gasteiger partial charge < -0.3 is 5.11 Å². The lowest BCUT2D eigenvalue weighted by Gasteiger charge is -2.31. The fraction of sp³-hybridized carbons (Fsp3) is 0.533. The van der Waals surface area contributed by atoms with E-state index in [0.717, 1.165) is 16.7 Å². The molecule has 1 aliphatic carbocycles. The van der Waals surface area contributed by atoms with Gasteiger partial charge in [-0.25, -0.2) is 4.79 Å². The summed E-state index contributed by atoms with van der Waals surface area (Å²) >= 11 is 1.84. The molecule has 1 aromatic rings. The average Bonchev–Trinajstić information content (AvgIpc) is 2.34. The Balaban J connectivity index is 2.01. The second-order valence-electron chi connectivity index (χ2n) is 5.34. The SMILES string of the molecule is CC1CCC(Sc2cccc(C(=O)O)c2)CC1C. The summed E-state index contributed by atoms with van der Waals surface area (Å²) in [6.45, 7) is 4.65. The predicted octanol–water partition coefficient (Wildman–Crippen LogP) is 4.30. The number of hydrogen-bond acceptors (Lipinski definition) is 2. The first-order valence-electron chi connectivity index (χ1n) is 6.56. The number of hydrogen-bond donors (Lipinski definition) is 1. The van der Waals surface area contributed by atoms with Gasteiger partial charge in [0.25, 0.3) is 0 Å². The summed E-state index contributed by atoms with van der Waals surface area (Å²) in [4.78, 5) is 12.0. The molecule has 1 N–H and O–H groups in total. The summed E-state index contributed by atoms with van der Waals surface area (Å²) in [6, 6.07) is 7.29. The molecule has 0 amide bonds. The molecule has 0 saturated heterocycles. The van der Waals surface area contributed by atoms with E-state index in [1.807, 2.05) is 23.9 Å². The molecule has 0 aromatic heterocycles. The monoisotopic (exact) mass is 264 g/mol. The highest BCUT2D eigenvalue weighted by Crippen LogP contribution is 2.38. The van der Waals surface area contributed by atoms with Crippen molar-refractivity contribution in [2.24, 2.45) is 11.8 Å². The molecule has 1 saturated carbocycles. The molecule has 2 rings (SSSR count). The number of carboxylic acid groups (broad SMARTS) is 1. The molecule has 0 bridgehead atoms. The zero-order chi connectivity index (χ0) is 13.1. The van der Waals surface area contributed by atoms with Crippen molar-refractivity contribution in [3.63, 3.8) is 0 Å². The van der Waals surface area contributed by atoms with Gasteiger partial charge in [0, 0.05) is 10.1 Å². The van der Waals surface area contributed by atoms with E-state index in [9.17, 15) is 4.79 Å². The van der Waals surface area contributed by atoms with Crippen LogP contribution in [0, 0.1) is 11.8 Å². The van der Waals surface area contributed by atoms with Gasteiger partial charge in [0.15, 0.2) is 0 Å². The quantitative estimate of drug-likeness (QED) is 0.884. The summed E-state index contributed by atoms with van der Waals surface area (Å²) in [6.07, 6.45) is 3.77. The van der Waals surface area contributed by atoms with Crippen molar-refractivity contribution in [1.29, 1.82) is 0 Å². The Morgan fingerprint density at radius 2 is 2.06 bits per heavy atom. The fourth-order valence-electron chi connectivity index (χ4n) is 2.50. The lowest BCUT2D eigenvalue weighted by Crippen LogP contribution is -2.22. The lowest BCUT2D eigenvalue weighted by molar-refractivity contribution is 0.0696. The Kier molecular flexibility index (Phi) is 4.33. The smallest absolute Gasteiger partial charge is 0.335 e. The van der Waals surface area contributed by atoms with E-state index in [4.69, 9.17) is 5.11 Å². The van der Waals surface area contributed by atoms with Crippen molar-refractivity contribution in [3.8, 4) is 0 Å². The predicted molar refractivity (Wildman–Crippen MR) is 75.2 cm³/mol. The number of aromatic carboxylic acids is 1. The molecule has 3 heteroatoms. The van der Waals surface area contributed by atoms with Crippen LogP contribution in [0.4, 0.5) is 0 Å². The Morgan fingerprint density at radius 3 is 2.72 bits per heavy atom. The third-order valence-electron chi connectivity index (χ3n) is 3.93. The van der Waals surface area contributed by atoms with Gasteiger partial charge in [-0.15, -0.1) is 11.8 Å². The third-order valence-corrected chi connectivity index (χ3v) is 5.22. The van der Waals surface area contributed by atoms with Crippen LogP contribution in [0.3, 0.4) is 0 Å². The minimum Gasteiger partial charge on any atom is -0.478 e. The van der Waals surface area contributed by atoms with Crippen molar-refractivity contribution in [2.45, 2.75) is 43.3 Å². The van der Waals surface area contributed by atoms with Gasteiger partial charge in [-0.3, -0.25) is 0 Å². The Labute approximate surface area is 113 Å². The molecule has 1 aliphatic rings. The van der Waals surface area contributed by atoms with Gasteiger partial charge >= 0.3 is 5.97 Å². The summed E-state index contributed by atoms with van der Waals surface area (Å²) in [5.41, 5.74) is 0.386. The van der Waals surface area contributed by atoms with Gasteiger partial charge in [-0.1, -0.05) is 19.9 Å². The van der Waals surface area contributed by atoms with Crippen LogP contribution in [0.15, 0.2) is 29.2 Å². The molecule has 98 valence electrons. The Bertz CT molecular complexity index is 430. The van der Waals surface area contributed by atoms with Gasteiger partial charge in [0.2, 0.25) is 0 Å². The molecule has 3 unspecified atom stereocenters. The molecular weight excluding hydrogens is 244 g/mol. The molecule has 2 nitrogen and oxygen atoms in total. The third kappa shape index (κ3) is 3.29. The number of rotatable bonds is 3. The lowest BCUT2D eigenvalue weighted by atomic mass is 9.81. The summed E-state index contributed by atoms with van der Waals surface area (Å²) in [5.74, 6) is 0.759. The normalized spacial score (nSPS) is 28.0. The van der Waals surface area contributed by atoms with Crippen molar-refractivity contribution in [3.05, 3.63) is 29.8 Å². The standard InChI is InChI=1S/C15H20O2S/c1-10-6-7-14(8-11(10)2)18-13-5-3-4-12(9-13)15(16)17/h3-5,9-11,14H,6-8H2,1-2H3,(H,16,17). The van der Waals surface area contributed by atoms with Crippen molar-refractivity contribution < 1.29 is 9.90 Å². The minimum absolute atomic E-state index is 0.386. The zero-order valence-corrected chi connectivity index (χ0v) is 11.7. The van der Waals surface area contributed by atoms with Gasteiger partial charge in [-0.2, -0.15) is 0 Å². The molecule has 1 fully saturated rings. The van der Waals surface area contributed by atoms with E-state index in [2.05, 4.69) is 13.8 Å². The molecule has 3 atom stereocenters. The highest BCUT2D eigenvalue weighted by molar-refractivity contribution is 8.00. The average molecular weight is 264 g/mol. The maximum absolute atomic E-state index is 10.9. The molecule has 0 heterocycles. The van der Waals surface area contributed by atoms with Crippen LogP contribution in [-0.2, 0) is 0 Å². The minimum atomic E-state index is -0.844. The molecular formula is C15H20O2S. The van der Waals surface area contributed by atoms with E-state index >= 15 is 0 Å². The zero-order valence-electron chi connectivity index (χ0n) is 10.9. The maximum Gasteiger partial charge on any atom is 0.335 e. The summed E-state index contributed by atoms with van der Waals surface area (Å²) in [7, 11) is 0. The first-order chi connectivity index (χ1) is 8.56.